The first kappa shape index (κ1) is 106. The molecule has 4 aromatic rings. The third-order valence-corrected chi connectivity index (χ3v) is 23.7. The van der Waals surface area contributed by atoms with E-state index in [1.807, 2.05) is 24.3 Å². The van der Waals surface area contributed by atoms with Gasteiger partial charge in [0.15, 0.2) is 26.4 Å². The van der Waals surface area contributed by atoms with Crippen LogP contribution < -0.4 is 11.5 Å². The lowest BCUT2D eigenvalue weighted by atomic mass is 9.78. The van der Waals surface area contributed by atoms with Crippen LogP contribution >= 0.6 is 0 Å². The van der Waals surface area contributed by atoms with Crippen LogP contribution in [-0.2, 0) is 18.9 Å². The van der Waals surface area contributed by atoms with E-state index in [-0.39, 0.29) is 23.3 Å². The minimum atomic E-state index is -0.429. The van der Waals surface area contributed by atoms with Crippen molar-refractivity contribution < 1.29 is 43.3 Å². The van der Waals surface area contributed by atoms with Gasteiger partial charge in [-0.15, -0.1) is 4.91 Å². The first-order valence-corrected chi connectivity index (χ1v) is 47.7. The number of unbranched alkanes of at least 4 members (excludes halogenated alkanes) is 44. The van der Waals surface area contributed by atoms with Crippen molar-refractivity contribution in [3.63, 3.8) is 0 Å². The molecular formula is C100H165N7O10+2. The average Bonchev–Trinajstić information content (AvgIpc) is 0.875. The Morgan fingerprint density at radius 1 is 0.282 bits per heavy atom. The fraction of sp³-hybridized carbons (Fsp3) is 0.720. The van der Waals surface area contributed by atoms with Gasteiger partial charge in [-0.3, -0.25) is 0 Å². The minimum Gasteiger partial charge on any atom is -0.462 e. The molecule has 4 unspecified atom stereocenters. The molecule has 0 radical (unpaired) electrons. The van der Waals surface area contributed by atoms with E-state index in [2.05, 4.69) is 37.6 Å². The van der Waals surface area contributed by atoms with Crippen molar-refractivity contribution in [2.24, 2.45) is 29.0 Å². The fourth-order valence-corrected chi connectivity index (χ4v) is 16.6. The van der Waals surface area contributed by atoms with Crippen molar-refractivity contribution in [3.8, 4) is 0 Å². The standard InChI is InChI=1S/C50H80N4O4.C50H84N2O4.HNO2/c1-3-5-7-9-11-17-23-33-43(35-25-19-13-15-21-31-41-57-49(55)45-37-27-29-39-47(45)53-51)44(34-24-18-12-10-8-6-4-2)36-26-20-14-16-22-32-42-58-50(56)46-38-28-30-40-48(46)54-52;1-3-5-7-9-11-17-23-33-43(35-25-19-13-15-21-31-41-55-49(53)45-37-27-29-39-47(45)51)44(34-24-18-12-10-8-6-4-2)36-26-20-14-16-22-32-42-56-50(54)46-38-28-30-40-48(46)52;2-1-3/h27-30,37-40,43-44H,3-26,31-36,41-42H2,1-2H3;27-30,37-40,43-44H,3-26,31-36,41-42,51-52H2,1-2H3;(H,2,3)/q+2;;. The monoisotopic (exact) mass is 1620 g/mol. The fourth-order valence-electron chi connectivity index (χ4n) is 16.6. The van der Waals surface area contributed by atoms with Gasteiger partial charge in [0.1, 0.15) is 0 Å². The largest absolute Gasteiger partial charge is 0.462 e. The highest BCUT2D eigenvalue weighted by atomic mass is 16.6. The minimum absolute atomic E-state index is 0.243. The topological polar surface area (TPSA) is 263 Å². The van der Waals surface area contributed by atoms with Crippen molar-refractivity contribution >= 4 is 46.6 Å². The first-order chi connectivity index (χ1) is 57.4. The van der Waals surface area contributed by atoms with Crippen molar-refractivity contribution in [1.29, 1.82) is 10.8 Å². The van der Waals surface area contributed by atoms with Crippen LogP contribution in [0.4, 0.5) is 22.7 Å². The number of benzene rings is 4. The maximum Gasteiger partial charge on any atom is 0.399 e. The summed E-state index contributed by atoms with van der Waals surface area (Å²) in [7, 11) is 0. The number of nitrogens with two attached hydrogens (primary N) is 2. The number of para-hydroxylation sites is 2. The Labute approximate surface area is 710 Å². The van der Waals surface area contributed by atoms with E-state index in [9.17, 15) is 19.2 Å². The number of carbonyl (C=O) groups is 4. The Bertz CT molecular complexity index is 2950. The smallest absolute Gasteiger partial charge is 0.399 e. The number of esters is 4. The summed E-state index contributed by atoms with van der Waals surface area (Å²) in [5.41, 5.74) is 14.8. The molecule has 0 aliphatic rings. The van der Waals surface area contributed by atoms with Gasteiger partial charge >= 0.3 is 35.3 Å². The number of hydrogen-bond donors (Lipinski definition) is 3. The van der Waals surface area contributed by atoms with Crippen LogP contribution in [0.1, 0.15) is 454 Å². The van der Waals surface area contributed by atoms with Crippen LogP contribution in [-0.4, -0.2) is 55.5 Å². The molecule has 17 heteroatoms. The van der Waals surface area contributed by atoms with Gasteiger partial charge in [0.05, 0.1) is 37.6 Å². The van der Waals surface area contributed by atoms with Gasteiger partial charge in [-0.2, -0.15) is 0 Å². The maximum atomic E-state index is 12.4. The molecule has 0 aliphatic heterocycles. The highest BCUT2D eigenvalue weighted by Gasteiger charge is 2.25. The number of carbonyl (C=O) groups excluding carboxylic acids is 4. The zero-order valence-electron chi connectivity index (χ0n) is 74.3. The molecule has 0 aromatic heterocycles. The lowest BCUT2D eigenvalue weighted by Gasteiger charge is -2.28. The van der Waals surface area contributed by atoms with Crippen LogP contribution in [0.3, 0.4) is 0 Å². The van der Waals surface area contributed by atoms with Crippen molar-refractivity contribution in [1.82, 2.24) is 0 Å². The molecule has 0 fully saturated rings. The van der Waals surface area contributed by atoms with Crippen LogP contribution in [0.5, 0.6) is 0 Å². The van der Waals surface area contributed by atoms with E-state index >= 15 is 0 Å². The summed E-state index contributed by atoms with van der Waals surface area (Å²) in [6.07, 6.45) is 77.9. The van der Waals surface area contributed by atoms with Gasteiger partial charge in [-0.1, -0.05) is 436 Å². The second kappa shape index (κ2) is 77.2. The lowest BCUT2D eigenvalue weighted by Crippen LogP contribution is -2.16. The molecule has 0 saturated heterocycles. The van der Waals surface area contributed by atoms with Gasteiger partial charge < -0.3 is 35.6 Å². The van der Waals surface area contributed by atoms with Crippen LogP contribution in [0, 0.1) is 39.4 Å². The van der Waals surface area contributed by atoms with E-state index in [0.29, 0.717) is 60.1 Å². The van der Waals surface area contributed by atoms with E-state index in [4.69, 9.17) is 51.3 Å². The second-order valence-corrected chi connectivity index (χ2v) is 33.4. The van der Waals surface area contributed by atoms with Crippen LogP contribution in [0.15, 0.2) is 102 Å². The Balaban J connectivity index is 0.000000768. The number of nitrogen functional groups attached to an aromatic ring is 2. The normalized spacial score (nSPS) is 12.0. The molecule has 0 bridgehead atoms. The predicted octanol–water partition coefficient (Wildman–Crippen LogP) is 31.6. The molecule has 4 atom stereocenters. The van der Waals surface area contributed by atoms with Gasteiger partial charge in [-0.05, 0) is 85.8 Å². The lowest BCUT2D eigenvalue weighted by molar-refractivity contribution is 0.0489. The van der Waals surface area contributed by atoms with E-state index in [0.717, 1.165) is 75.0 Å². The molecule has 17 nitrogen and oxygen atoms in total. The molecule has 4 rings (SSSR count). The number of anilines is 2. The third-order valence-electron chi connectivity index (χ3n) is 23.7. The van der Waals surface area contributed by atoms with Crippen LogP contribution in [0.2, 0.25) is 0 Å². The summed E-state index contributed by atoms with van der Waals surface area (Å²) < 4.78 is 21.9. The second-order valence-electron chi connectivity index (χ2n) is 33.4. The molecule has 117 heavy (non-hydrogen) atoms. The molecule has 0 heterocycles. The number of diazo groups is 2. The molecule has 0 amide bonds. The van der Waals surface area contributed by atoms with Gasteiger partial charge in [0, 0.05) is 23.5 Å². The average molecular weight is 1630 g/mol. The zero-order valence-corrected chi connectivity index (χ0v) is 74.3. The van der Waals surface area contributed by atoms with Crippen molar-refractivity contribution in [2.45, 2.75) is 413 Å². The number of hydrogen-bond acceptors (Lipinski definition) is 14. The highest BCUT2D eigenvalue weighted by Crippen LogP contribution is 2.37. The first-order valence-electron chi connectivity index (χ1n) is 47.7. The van der Waals surface area contributed by atoms with Gasteiger partial charge in [0.2, 0.25) is 10.8 Å². The number of nitrogens with zero attached hydrogens (tertiary/aromatic N) is 5. The Morgan fingerprint density at radius 3 is 0.641 bits per heavy atom. The molecule has 658 valence electrons. The van der Waals surface area contributed by atoms with E-state index in [1.165, 1.54) is 339 Å². The molecule has 0 aliphatic carbocycles. The summed E-state index contributed by atoms with van der Waals surface area (Å²) in [4.78, 5) is 64.0. The summed E-state index contributed by atoms with van der Waals surface area (Å²) in [5, 5.41) is 26.2. The molecule has 5 N–H and O–H groups in total. The summed E-state index contributed by atoms with van der Waals surface area (Å²) >= 11 is 0. The van der Waals surface area contributed by atoms with Gasteiger partial charge in [0.25, 0.3) is 0 Å². The number of ether oxygens (including phenoxy) is 4. The van der Waals surface area contributed by atoms with Crippen LogP contribution in [0.25, 0.3) is 9.95 Å². The third kappa shape index (κ3) is 55.9. The molecule has 0 saturated carbocycles. The van der Waals surface area contributed by atoms with Crippen molar-refractivity contribution in [3.05, 3.63) is 134 Å². The van der Waals surface area contributed by atoms with Gasteiger partial charge in [-0.25, -0.2) is 19.2 Å². The Morgan fingerprint density at radius 2 is 0.444 bits per heavy atom. The predicted molar refractivity (Wildman–Crippen MR) is 486 cm³/mol. The van der Waals surface area contributed by atoms with Crippen molar-refractivity contribution in [2.75, 3.05) is 37.9 Å². The SMILES string of the molecule is CCCCCCCCCC(CCCCCCCCOC(=O)c1ccccc1N)C(CCCCCCCCC)CCCCCCCCOC(=O)c1ccccc1N.CCCCCCCCCC(CCCCCCCCOC(=O)c1ccccc1[N+]#N)C(CCCCCCCCC)CCCCCCCCOC(=O)c1ccccc1[N+]#N.O=NO. The van der Waals surface area contributed by atoms with E-state index < -0.39 is 11.9 Å². The summed E-state index contributed by atoms with van der Waals surface area (Å²) in [5.74, 6) is 1.92. The molecule has 0 spiro atoms. The van der Waals surface area contributed by atoms with E-state index in [1.54, 1.807) is 72.8 Å². The number of rotatable bonds is 74. The quantitative estimate of drug-likeness (QED) is 0.00706. The maximum absolute atomic E-state index is 12.4. The highest BCUT2D eigenvalue weighted by molar-refractivity contribution is 5.97. The summed E-state index contributed by atoms with van der Waals surface area (Å²) in [6.45, 7) is 10.9. The Kier molecular flexibility index (Phi) is 69.7. The zero-order chi connectivity index (χ0) is 84.8. The Hall–Kier alpha value is -7.40. The molecule has 4 aromatic carbocycles. The molecular weight excluding hydrogens is 1460 g/mol. The summed E-state index contributed by atoms with van der Waals surface area (Å²) in [6, 6.07) is 27.7.